The first-order valence-electron chi connectivity index (χ1n) is 6.74. The van der Waals surface area contributed by atoms with Gasteiger partial charge in [-0.05, 0) is 39.8 Å². The van der Waals surface area contributed by atoms with Gasteiger partial charge < -0.3 is 15.5 Å². The van der Waals surface area contributed by atoms with E-state index in [1.807, 2.05) is 27.7 Å². The average molecular weight is 255 g/mol. The molecule has 104 valence electrons. The zero-order valence-electron chi connectivity index (χ0n) is 11.8. The lowest BCUT2D eigenvalue weighted by Gasteiger charge is -2.34. The normalized spacial score (nSPS) is 17.2. The molecule has 0 aromatic heterocycles. The summed E-state index contributed by atoms with van der Waals surface area (Å²) in [6.45, 7) is 10.2. The Kier molecular flexibility index (Phi) is 5.59. The summed E-state index contributed by atoms with van der Waals surface area (Å²) >= 11 is 0. The molecule has 0 aromatic rings. The Morgan fingerprint density at radius 2 is 1.94 bits per heavy atom. The molecular weight excluding hydrogens is 230 g/mol. The van der Waals surface area contributed by atoms with Crippen LogP contribution in [0.25, 0.3) is 0 Å². The topological polar surface area (TPSA) is 61.4 Å². The SMILES string of the molecule is CCN(CC(=O)NC(C)C)C(=O)C(C)C1CNC1. The molecule has 1 saturated heterocycles. The number of nitrogens with one attached hydrogen (secondary N) is 2. The Morgan fingerprint density at radius 1 is 1.33 bits per heavy atom. The van der Waals surface area contributed by atoms with Crippen LogP contribution < -0.4 is 10.6 Å². The molecule has 18 heavy (non-hydrogen) atoms. The fourth-order valence-corrected chi connectivity index (χ4v) is 2.04. The van der Waals surface area contributed by atoms with Crippen molar-refractivity contribution in [2.24, 2.45) is 11.8 Å². The highest BCUT2D eigenvalue weighted by Gasteiger charge is 2.31. The Morgan fingerprint density at radius 3 is 2.33 bits per heavy atom. The van der Waals surface area contributed by atoms with Crippen LogP contribution in [0.3, 0.4) is 0 Å². The van der Waals surface area contributed by atoms with Crippen LogP contribution in [-0.2, 0) is 9.59 Å². The first kappa shape index (κ1) is 15.0. The second kappa shape index (κ2) is 6.73. The first-order chi connectivity index (χ1) is 8.45. The third-order valence-electron chi connectivity index (χ3n) is 3.39. The number of hydrogen-bond acceptors (Lipinski definition) is 3. The van der Waals surface area contributed by atoms with Crippen molar-refractivity contribution in [3.63, 3.8) is 0 Å². The summed E-state index contributed by atoms with van der Waals surface area (Å²) in [6.07, 6.45) is 0. The molecule has 1 fully saturated rings. The molecule has 1 aliphatic rings. The lowest BCUT2D eigenvalue weighted by Crippen LogP contribution is -2.52. The van der Waals surface area contributed by atoms with E-state index in [9.17, 15) is 9.59 Å². The fourth-order valence-electron chi connectivity index (χ4n) is 2.04. The predicted molar refractivity (Wildman–Crippen MR) is 71.1 cm³/mol. The van der Waals surface area contributed by atoms with Crippen molar-refractivity contribution in [3.8, 4) is 0 Å². The molecule has 0 bridgehead atoms. The van der Waals surface area contributed by atoms with Crippen LogP contribution in [-0.4, -0.2) is 48.9 Å². The predicted octanol–water partition coefficient (Wildman–Crippen LogP) is 0.215. The number of hydrogen-bond donors (Lipinski definition) is 2. The summed E-state index contributed by atoms with van der Waals surface area (Å²) in [7, 11) is 0. The van der Waals surface area contributed by atoms with E-state index in [1.54, 1.807) is 4.90 Å². The van der Waals surface area contributed by atoms with Crippen LogP contribution in [0, 0.1) is 11.8 Å². The molecule has 0 saturated carbocycles. The second-order valence-corrected chi connectivity index (χ2v) is 5.28. The van der Waals surface area contributed by atoms with Gasteiger partial charge in [0.05, 0.1) is 6.54 Å². The lowest BCUT2D eigenvalue weighted by molar-refractivity contribution is -0.140. The molecule has 1 rings (SSSR count). The van der Waals surface area contributed by atoms with Gasteiger partial charge in [-0.3, -0.25) is 9.59 Å². The Labute approximate surface area is 109 Å². The van der Waals surface area contributed by atoms with Crippen molar-refractivity contribution in [1.29, 1.82) is 0 Å². The highest BCUT2D eigenvalue weighted by atomic mass is 16.2. The Balaban J connectivity index is 2.48. The summed E-state index contributed by atoms with van der Waals surface area (Å²) in [5.74, 6) is 0.416. The average Bonchev–Trinajstić information content (AvgIpc) is 2.21. The molecule has 5 heteroatoms. The van der Waals surface area contributed by atoms with E-state index in [-0.39, 0.29) is 30.3 Å². The van der Waals surface area contributed by atoms with Crippen molar-refractivity contribution in [2.75, 3.05) is 26.2 Å². The van der Waals surface area contributed by atoms with Crippen LogP contribution in [0.5, 0.6) is 0 Å². The highest BCUT2D eigenvalue weighted by Crippen LogP contribution is 2.18. The van der Waals surface area contributed by atoms with Gasteiger partial charge in [-0.2, -0.15) is 0 Å². The van der Waals surface area contributed by atoms with E-state index in [0.717, 1.165) is 13.1 Å². The molecule has 2 amide bonds. The van der Waals surface area contributed by atoms with Gasteiger partial charge in [-0.1, -0.05) is 6.92 Å². The summed E-state index contributed by atoms with van der Waals surface area (Å²) in [5.41, 5.74) is 0. The molecule has 1 aliphatic heterocycles. The van der Waals surface area contributed by atoms with Crippen molar-refractivity contribution >= 4 is 11.8 Å². The van der Waals surface area contributed by atoms with Gasteiger partial charge >= 0.3 is 0 Å². The van der Waals surface area contributed by atoms with Crippen molar-refractivity contribution in [3.05, 3.63) is 0 Å². The maximum absolute atomic E-state index is 12.2. The van der Waals surface area contributed by atoms with Gasteiger partial charge in [0.25, 0.3) is 0 Å². The van der Waals surface area contributed by atoms with Gasteiger partial charge in [-0.15, -0.1) is 0 Å². The smallest absolute Gasteiger partial charge is 0.239 e. The van der Waals surface area contributed by atoms with Gasteiger partial charge in [0, 0.05) is 18.5 Å². The molecule has 0 spiro atoms. The minimum atomic E-state index is -0.0841. The molecule has 1 atom stereocenters. The van der Waals surface area contributed by atoms with Crippen molar-refractivity contribution < 1.29 is 9.59 Å². The molecule has 5 nitrogen and oxygen atoms in total. The van der Waals surface area contributed by atoms with E-state index in [2.05, 4.69) is 10.6 Å². The van der Waals surface area contributed by atoms with E-state index in [4.69, 9.17) is 0 Å². The maximum atomic E-state index is 12.2. The van der Waals surface area contributed by atoms with Crippen LogP contribution in [0.15, 0.2) is 0 Å². The molecule has 1 heterocycles. The number of carbonyl (C=O) groups excluding carboxylic acids is 2. The van der Waals surface area contributed by atoms with Crippen LogP contribution in [0.1, 0.15) is 27.7 Å². The van der Waals surface area contributed by atoms with Crippen molar-refractivity contribution in [2.45, 2.75) is 33.7 Å². The lowest BCUT2D eigenvalue weighted by atomic mass is 9.88. The van der Waals surface area contributed by atoms with E-state index in [1.165, 1.54) is 0 Å². The standard InChI is InChI=1S/C13H25N3O2/c1-5-16(8-12(17)15-9(2)3)13(18)10(4)11-6-14-7-11/h9-11,14H,5-8H2,1-4H3,(H,15,17). The number of nitrogens with zero attached hydrogens (tertiary/aromatic N) is 1. The maximum Gasteiger partial charge on any atom is 0.239 e. The van der Waals surface area contributed by atoms with Crippen LogP contribution in [0.4, 0.5) is 0 Å². The molecule has 0 radical (unpaired) electrons. The number of likely N-dealkylation sites (N-methyl/N-ethyl adjacent to an activating group) is 1. The van der Waals surface area contributed by atoms with Crippen LogP contribution >= 0.6 is 0 Å². The zero-order chi connectivity index (χ0) is 13.7. The Hall–Kier alpha value is -1.10. The summed E-state index contributed by atoms with van der Waals surface area (Å²) in [5, 5.41) is 5.98. The molecule has 2 N–H and O–H groups in total. The minimum Gasteiger partial charge on any atom is -0.352 e. The van der Waals surface area contributed by atoms with E-state index < -0.39 is 0 Å². The fraction of sp³-hybridized carbons (Fsp3) is 0.846. The monoisotopic (exact) mass is 255 g/mol. The zero-order valence-corrected chi connectivity index (χ0v) is 11.8. The molecule has 0 aromatic carbocycles. The number of amides is 2. The van der Waals surface area contributed by atoms with Crippen molar-refractivity contribution in [1.82, 2.24) is 15.5 Å². The summed E-state index contributed by atoms with van der Waals surface area (Å²) in [6, 6.07) is 0.111. The third kappa shape index (κ3) is 3.98. The molecule has 0 aliphatic carbocycles. The van der Waals surface area contributed by atoms with E-state index in [0.29, 0.717) is 12.5 Å². The summed E-state index contributed by atoms with van der Waals surface area (Å²) in [4.78, 5) is 25.6. The number of rotatable bonds is 6. The Bertz CT molecular complexity index is 301. The van der Waals surface area contributed by atoms with E-state index >= 15 is 0 Å². The van der Waals surface area contributed by atoms with Gasteiger partial charge in [0.2, 0.25) is 11.8 Å². The summed E-state index contributed by atoms with van der Waals surface area (Å²) < 4.78 is 0. The third-order valence-corrected chi connectivity index (χ3v) is 3.39. The molecule has 1 unspecified atom stereocenters. The molecular formula is C13H25N3O2. The number of carbonyl (C=O) groups is 2. The highest BCUT2D eigenvalue weighted by molar-refractivity contribution is 5.86. The quantitative estimate of drug-likeness (QED) is 0.713. The minimum absolute atomic E-state index is 0.00181. The van der Waals surface area contributed by atoms with Crippen LogP contribution in [0.2, 0.25) is 0 Å². The second-order valence-electron chi connectivity index (χ2n) is 5.28. The van der Waals surface area contributed by atoms with Gasteiger partial charge in [-0.25, -0.2) is 0 Å². The first-order valence-corrected chi connectivity index (χ1v) is 6.74. The van der Waals surface area contributed by atoms with Gasteiger partial charge in [0.15, 0.2) is 0 Å². The largest absolute Gasteiger partial charge is 0.352 e. The van der Waals surface area contributed by atoms with Gasteiger partial charge in [0.1, 0.15) is 0 Å².